The summed E-state index contributed by atoms with van der Waals surface area (Å²) in [5.41, 5.74) is 9.03. The molecule has 2 fully saturated rings. The van der Waals surface area contributed by atoms with Crippen LogP contribution in [-0.4, -0.2) is 110 Å². The Balaban J connectivity index is 1.30. The number of aliphatic hydroxyl groups is 5. The van der Waals surface area contributed by atoms with Crippen LogP contribution in [0.15, 0.2) is 46.4 Å². The zero-order chi connectivity index (χ0) is 27.4. The molecule has 2 saturated heterocycles. The molecule has 0 aromatic heterocycles. The van der Waals surface area contributed by atoms with Gasteiger partial charge < -0.3 is 44.5 Å². The van der Waals surface area contributed by atoms with Crippen molar-refractivity contribution in [2.75, 3.05) is 26.4 Å². The smallest absolute Gasteiger partial charge is 0.241 e. The van der Waals surface area contributed by atoms with Crippen molar-refractivity contribution < 1.29 is 52.9 Å². The summed E-state index contributed by atoms with van der Waals surface area (Å²) in [6.45, 7) is -1.28. The highest BCUT2D eigenvalue weighted by Crippen LogP contribution is 2.31. The van der Waals surface area contributed by atoms with Crippen LogP contribution in [0, 0.1) is 0 Å². The number of nitrogens with zero attached hydrogens (tertiary/aromatic N) is 3. The molecule has 2 aliphatic heterocycles. The number of hydrogen-bond acceptors (Lipinski definition) is 12. The van der Waals surface area contributed by atoms with Crippen LogP contribution in [0.25, 0.3) is 21.2 Å². The normalized spacial score (nSPS) is 31.5. The maximum atomic E-state index is 12.9. The fourth-order valence-corrected chi connectivity index (χ4v) is 5.48. The molecule has 16 heteroatoms. The highest BCUT2D eigenvalue weighted by Gasteiger charge is 2.46. The second-order valence-corrected chi connectivity index (χ2v) is 10.4. The maximum Gasteiger partial charge on any atom is 0.241 e. The van der Waals surface area contributed by atoms with Crippen molar-refractivity contribution in [3.05, 3.63) is 46.8 Å². The molecule has 2 heterocycles. The zero-order valence-electron chi connectivity index (χ0n) is 19.8. The molecule has 15 nitrogen and oxygen atoms in total. The summed E-state index contributed by atoms with van der Waals surface area (Å²) in [7, 11) is -4.00. The number of azide groups is 1. The first-order valence-electron chi connectivity index (χ1n) is 11.6. The minimum absolute atomic E-state index is 0.0281. The molecule has 0 amide bonds. The first-order chi connectivity index (χ1) is 18.2. The zero-order valence-corrected chi connectivity index (χ0v) is 20.7. The Hall–Kier alpha value is -2.44. The lowest BCUT2D eigenvalue weighted by Gasteiger charge is -2.20. The standard InChI is InChI=1S/C22H28N4O11S/c23-26-25-13-5-1-4-12-11(13)3-2-6-16(12)38(32,33)24-7-8-34-21-20(31)18(29)15(37-21)10-35-22-19(30)17(28)14(9-27)36-22/h1-6,14-15,17-22,24,27-31H,7-10H2/t14-,15-,17-,18-,19-,20-,21?,22?/m1/s1. The fraction of sp³-hybridized carbons (Fsp3) is 0.545. The van der Waals surface area contributed by atoms with Gasteiger partial charge in [-0.2, -0.15) is 0 Å². The lowest BCUT2D eigenvalue weighted by Crippen LogP contribution is -2.38. The predicted octanol–water partition coefficient (Wildman–Crippen LogP) is -1.02. The topological polar surface area (TPSA) is 233 Å². The molecule has 2 aliphatic rings. The van der Waals surface area contributed by atoms with E-state index in [0.29, 0.717) is 10.8 Å². The first kappa shape index (κ1) is 28.6. The van der Waals surface area contributed by atoms with Crippen molar-refractivity contribution in [2.24, 2.45) is 5.11 Å². The van der Waals surface area contributed by atoms with E-state index in [1.165, 1.54) is 12.1 Å². The number of nitrogens with one attached hydrogen (secondary N) is 1. The summed E-state index contributed by atoms with van der Waals surface area (Å²) in [6.07, 6.45) is -10.4. The highest BCUT2D eigenvalue weighted by molar-refractivity contribution is 7.89. The van der Waals surface area contributed by atoms with Crippen molar-refractivity contribution in [3.63, 3.8) is 0 Å². The first-order valence-corrected chi connectivity index (χ1v) is 13.1. The molecular formula is C22H28N4O11S. The summed E-state index contributed by atoms with van der Waals surface area (Å²) < 4.78 is 49.6. The van der Waals surface area contributed by atoms with Crippen LogP contribution in [0.2, 0.25) is 0 Å². The molecule has 38 heavy (non-hydrogen) atoms. The number of rotatable bonds is 11. The summed E-state index contributed by atoms with van der Waals surface area (Å²) >= 11 is 0. The third-order valence-electron chi connectivity index (χ3n) is 6.22. The van der Waals surface area contributed by atoms with Crippen LogP contribution in [0.5, 0.6) is 0 Å². The van der Waals surface area contributed by atoms with E-state index in [2.05, 4.69) is 14.7 Å². The van der Waals surface area contributed by atoms with Crippen molar-refractivity contribution >= 4 is 26.5 Å². The average molecular weight is 557 g/mol. The Morgan fingerprint density at radius 1 is 0.921 bits per heavy atom. The molecule has 0 saturated carbocycles. The maximum absolute atomic E-state index is 12.9. The molecule has 0 radical (unpaired) electrons. The SMILES string of the molecule is [N-]=[N+]=Nc1cccc2c(S(=O)(=O)NCCOC3O[C@H](COC4O[C@H](CO)[C@@H](O)[C@H]4O)[C@@H](O)[C@H]3O)cccc12. The monoisotopic (exact) mass is 556 g/mol. The van der Waals surface area contributed by atoms with E-state index in [-0.39, 0.29) is 30.3 Å². The molecule has 8 atom stereocenters. The van der Waals surface area contributed by atoms with Gasteiger partial charge in [-0.05, 0) is 17.0 Å². The van der Waals surface area contributed by atoms with Crippen LogP contribution in [-0.2, 0) is 29.0 Å². The third-order valence-corrected chi connectivity index (χ3v) is 7.74. The van der Waals surface area contributed by atoms with E-state index in [0.717, 1.165) is 0 Å². The quantitative estimate of drug-likeness (QED) is 0.0848. The molecule has 208 valence electrons. The van der Waals surface area contributed by atoms with Gasteiger partial charge in [0.25, 0.3) is 0 Å². The third kappa shape index (κ3) is 5.91. The van der Waals surface area contributed by atoms with E-state index >= 15 is 0 Å². The van der Waals surface area contributed by atoms with Gasteiger partial charge in [-0.25, -0.2) is 13.1 Å². The fourth-order valence-electron chi connectivity index (χ4n) is 4.25. The van der Waals surface area contributed by atoms with Crippen LogP contribution in [0.4, 0.5) is 5.69 Å². The Morgan fingerprint density at radius 2 is 1.55 bits per heavy atom. The number of ether oxygens (including phenoxy) is 4. The van der Waals surface area contributed by atoms with E-state index in [1.54, 1.807) is 24.3 Å². The second-order valence-electron chi connectivity index (χ2n) is 8.65. The molecule has 2 aromatic carbocycles. The van der Waals surface area contributed by atoms with Crippen molar-refractivity contribution in [2.45, 2.75) is 54.1 Å². The van der Waals surface area contributed by atoms with Gasteiger partial charge in [0, 0.05) is 22.5 Å². The lowest BCUT2D eigenvalue weighted by atomic mass is 10.1. The molecule has 6 N–H and O–H groups in total. The van der Waals surface area contributed by atoms with Crippen molar-refractivity contribution in [3.8, 4) is 0 Å². The number of benzene rings is 2. The van der Waals surface area contributed by atoms with E-state index in [9.17, 15) is 28.8 Å². The van der Waals surface area contributed by atoms with Gasteiger partial charge in [0.15, 0.2) is 12.6 Å². The molecule has 2 unspecified atom stereocenters. The average Bonchev–Trinajstić information content (AvgIpc) is 3.34. The summed E-state index contributed by atoms with van der Waals surface area (Å²) in [4.78, 5) is 2.73. The van der Waals surface area contributed by atoms with Crippen LogP contribution < -0.4 is 4.72 Å². The van der Waals surface area contributed by atoms with Gasteiger partial charge in [0.05, 0.1) is 24.7 Å². The van der Waals surface area contributed by atoms with Gasteiger partial charge >= 0.3 is 0 Å². The second kappa shape index (κ2) is 12.2. The Bertz CT molecular complexity index is 1280. The van der Waals surface area contributed by atoms with Gasteiger partial charge in [-0.1, -0.05) is 35.4 Å². The van der Waals surface area contributed by atoms with Crippen LogP contribution in [0.1, 0.15) is 0 Å². The summed E-state index contributed by atoms with van der Waals surface area (Å²) in [6, 6.07) is 9.30. The lowest BCUT2D eigenvalue weighted by molar-refractivity contribution is -0.205. The van der Waals surface area contributed by atoms with E-state index in [1.807, 2.05) is 0 Å². The van der Waals surface area contributed by atoms with Crippen molar-refractivity contribution in [1.82, 2.24) is 4.72 Å². The minimum Gasteiger partial charge on any atom is -0.394 e. The Kier molecular flexibility index (Phi) is 9.15. The molecular weight excluding hydrogens is 528 g/mol. The largest absolute Gasteiger partial charge is 0.394 e. The minimum atomic E-state index is -4.00. The number of aliphatic hydroxyl groups excluding tert-OH is 5. The van der Waals surface area contributed by atoms with Gasteiger partial charge in [-0.15, -0.1) is 0 Å². The highest BCUT2D eigenvalue weighted by atomic mass is 32.2. The number of hydrogen-bond donors (Lipinski definition) is 6. The Labute approximate surface area is 216 Å². The number of sulfonamides is 1. The Morgan fingerprint density at radius 3 is 2.24 bits per heavy atom. The van der Waals surface area contributed by atoms with Gasteiger partial charge in [0.2, 0.25) is 10.0 Å². The van der Waals surface area contributed by atoms with Gasteiger partial charge in [0.1, 0.15) is 36.6 Å². The van der Waals surface area contributed by atoms with E-state index < -0.39 is 65.8 Å². The summed E-state index contributed by atoms with van der Waals surface area (Å²) in [5, 5.41) is 53.7. The molecule has 4 rings (SSSR count). The van der Waals surface area contributed by atoms with Crippen molar-refractivity contribution in [1.29, 1.82) is 0 Å². The van der Waals surface area contributed by atoms with Gasteiger partial charge in [-0.3, -0.25) is 0 Å². The van der Waals surface area contributed by atoms with Crippen LogP contribution >= 0.6 is 0 Å². The molecule has 2 aromatic rings. The summed E-state index contributed by atoms with van der Waals surface area (Å²) in [5.74, 6) is 0. The predicted molar refractivity (Wildman–Crippen MR) is 128 cm³/mol. The molecule has 0 bridgehead atoms. The van der Waals surface area contributed by atoms with Crippen LogP contribution in [0.3, 0.4) is 0 Å². The molecule has 0 spiro atoms. The number of fused-ring (bicyclic) bond motifs is 1. The van der Waals surface area contributed by atoms with E-state index in [4.69, 9.17) is 29.6 Å². The molecule has 0 aliphatic carbocycles.